The maximum atomic E-state index is 13.7. The normalized spacial score (nSPS) is 9.62. The second-order valence-electron chi connectivity index (χ2n) is 4.66. The molecule has 4 nitrogen and oxygen atoms in total. The minimum absolute atomic E-state index is 0.0548. The molecule has 0 bridgehead atoms. The Bertz CT molecular complexity index is 767. The average molecular weight is 331 g/mol. The standard InChI is InChI=1S/C18H15F2NO3/c1-23-15-10-9-14(16(19)17(15)20)8-5-11-21-18(22)24-12-13-6-3-2-4-7-13/h2-4,6-7,9-10H,11-12H2,1H3,(H,21,22). The Hall–Kier alpha value is -3.07. The molecular weight excluding hydrogens is 316 g/mol. The number of methoxy groups -OCH3 is 1. The van der Waals surface area contributed by atoms with Gasteiger partial charge >= 0.3 is 6.09 Å². The number of carbonyl (C=O) groups is 1. The molecule has 0 aliphatic carbocycles. The fourth-order valence-corrected chi connectivity index (χ4v) is 1.82. The highest BCUT2D eigenvalue weighted by atomic mass is 19.2. The Kier molecular flexibility index (Phi) is 6.15. The zero-order valence-corrected chi connectivity index (χ0v) is 12.9. The number of alkyl carbamates (subject to hydrolysis) is 1. The summed E-state index contributed by atoms with van der Waals surface area (Å²) in [7, 11) is 1.24. The van der Waals surface area contributed by atoms with Gasteiger partial charge in [0.1, 0.15) is 6.61 Å². The summed E-state index contributed by atoms with van der Waals surface area (Å²) in [5.41, 5.74) is 0.738. The fourth-order valence-electron chi connectivity index (χ4n) is 1.82. The largest absolute Gasteiger partial charge is 0.494 e. The van der Waals surface area contributed by atoms with Crippen LogP contribution in [0.2, 0.25) is 0 Å². The monoisotopic (exact) mass is 331 g/mol. The van der Waals surface area contributed by atoms with E-state index in [4.69, 9.17) is 4.74 Å². The number of carbonyl (C=O) groups excluding carboxylic acids is 1. The third kappa shape index (κ3) is 4.71. The molecule has 1 N–H and O–H groups in total. The van der Waals surface area contributed by atoms with Crippen LogP contribution in [0.5, 0.6) is 5.75 Å². The Morgan fingerprint density at radius 1 is 1.12 bits per heavy atom. The first kappa shape index (κ1) is 17.3. The SMILES string of the molecule is COc1ccc(C#CCNC(=O)OCc2ccccc2)c(F)c1F. The van der Waals surface area contributed by atoms with Gasteiger partial charge in [-0.05, 0) is 17.7 Å². The Balaban J connectivity index is 1.83. The Labute approximate surface area is 138 Å². The number of hydrogen-bond acceptors (Lipinski definition) is 3. The molecule has 24 heavy (non-hydrogen) atoms. The van der Waals surface area contributed by atoms with Crippen LogP contribution in [0.3, 0.4) is 0 Å². The van der Waals surface area contributed by atoms with E-state index in [9.17, 15) is 13.6 Å². The predicted molar refractivity (Wildman–Crippen MR) is 84.4 cm³/mol. The first-order chi connectivity index (χ1) is 11.6. The Morgan fingerprint density at radius 3 is 2.58 bits per heavy atom. The van der Waals surface area contributed by atoms with Gasteiger partial charge in [-0.2, -0.15) is 4.39 Å². The van der Waals surface area contributed by atoms with Crippen LogP contribution < -0.4 is 10.1 Å². The summed E-state index contributed by atoms with van der Waals surface area (Å²) in [4.78, 5) is 11.5. The average Bonchev–Trinajstić information content (AvgIpc) is 2.61. The molecule has 0 saturated heterocycles. The van der Waals surface area contributed by atoms with Crippen molar-refractivity contribution in [3.63, 3.8) is 0 Å². The molecule has 0 aliphatic heterocycles. The van der Waals surface area contributed by atoms with Gasteiger partial charge in [-0.25, -0.2) is 9.18 Å². The van der Waals surface area contributed by atoms with Crippen molar-refractivity contribution in [3.05, 3.63) is 65.2 Å². The number of nitrogens with one attached hydrogen (secondary N) is 1. The van der Waals surface area contributed by atoms with Gasteiger partial charge in [0.15, 0.2) is 11.6 Å². The van der Waals surface area contributed by atoms with E-state index in [0.717, 1.165) is 5.56 Å². The summed E-state index contributed by atoms with van der Waals surface area (Å²) in [6.45, 7) is 0.0825. The first-order valence-corrected chi connectivity index (χ1v) is 7.07. The van der Waals surface area contributed by atoms with Gasteiger partial charge in [0.2, 0.25) is 5.82 Å². The van der Waals surface area contributed by atoms with Crippen molar-refractivity contribution in [2.45, 2.75) is 6.61 Å². The topological polar surface area (TPSA) is 47.6 Å². The van der Waals surface area contributed by atoms with Gasteiger partial charge in [-0.3, -0.25) is 0 Å². The summed E-state index contributed by atoms with van der Waals surface area (Å²) >= 11 is 0. The molecule has 124 valence electrons. The molecule has 6 heteroatoms. The fraction of sp³-hybridized carbons (Fsp3) is 0.167. The highest BCUT2D eigenvalue weighted by molar-refractivity contribution is 5.67. The highest BCUT2D eigenvalue weighted by Gasteiger charge is 2.12. The van der Waals surface area contributed by atoms with Gasteiger partial charge in [0, 0.05) is 0 Å². The Morgan fingerprint density at radius 2 is 1.88 bits per heavy atom. The number of rotatable bonds is 4. The molecule has 0 aliphatic rings. The lowest BCUT2D eigenvalue weighted by Gasteiger charge is -2.04. The second kappa shape index (κ2) is 8.53. The van der Waals surface area contributed by atoms with E-state index in [1.807, 2.05) is 30.3 Å². The predicted octanol–water partition coefficient (Wildman–Crippen LogP) is 3.25. The summed E-state index contributed by atoms with van der Waals surface area (Å²) in [5, 5.41) is 2.40. The molecule has 0 radical (unpaired) electrons. The lowest BCUT2D eigenvalue weighted by molar-refractivity contribution is 0.141. The molecular formula is C18H15F2NO3. The molecule has 0 heterocycles. The number of benzene rings is 2. The number of halogens is 2. The summed E-state index contributed by atoms with van der Waals surface area (Å²) in [5.74, 6) is 2.59. The molecule has 0 aromatic heterocycles. The molecule has 0 saturated carbocycles. The highest BCUT2D eigenvalue weighted by Crippen LogP contribution is 2.21. The van der Waals surface area contributed by atoms with E-state index in [1.54, 1.807) is 0 Å². The molecule has 0 fully saturated rings. The minimum Gasteiger partial charge on any atom is -0.494 e. The van der Waals surface area contributed by atoms with Gasteiger partial charge in [-0.15, -0.1) is 0 Å². The van der Waals surface area contributed by atoms with Crippen LogP contribution in [0.25, 0.3) is 0 Å². The third-order valence-corrected chi connectivity index (χ3v) is 3.02. The van der Waals surface area contributed by atoms with Crippen LogP contribution in [-0.2, 0) is 11.3 Å². The lowest BCUT2D eigenvalue weighted by Crippen LogP contribution is -2.24. The van der Waals surface area contributed by atoms with E-state index in [-0.39, 0.29) is 24.5 Å². The first-order valence-electron chi connectivity index (χ1n) is 7.07. The summed E-state index contributed by atoms with van der Waals surface area (Å²) in [6.07, 6.45) is -0.644. The zero-order chi connectivity index (χ0) is 17.4. The second-order valence-corrected chi connectivity index (χ2v) is 4.66. The van der Waals surface area contributed by atoms with Crippen molar-refractivity contribution in [3.8, 4) is 17.6 Å². The molecule has 0 spiro atoms. The molecule has 0 unspecified atom stereocenters. The van der Waals surface area contributed by atoms with Crippen molar-refractivity contribution in [2.24, 2.45) is 0 Å². The third-order valence-electron chi connectivity index (χ3n) is 3.02. The van der Waals surface area contributed by atoms with Crippen molar-refractivity contribution in [1.82, 2.24) is 5.32 Å². The van der Waals surface area contributed by atoms with Gasteiger partial charge in [-0.1, -0.05) is 42.2 Å². The van der Waals surface area contributed by atoms with Crippen LogP contribution in [0.15, 0.2) is 42.5 Å². The molecule has 2 aromatic carbocycles. The van der Waals surface area contributed by atoms with Crippen molar-refractivity contribution >= 4 is 6.09 Å². The smallest absolute Gasteiger partial charge is 0.408 e. The van der Waals surface area contributed by atoms with Crippen LogP contribution in [0, 0.1) is 23.5 Å². The maximum absolute atomic E-state index is 13.7. The van der Waals surface area contributed by atoms with Gasteiger partial charge in [0.25, 0.3) is 0 Å². The number of hydrogen-bond donors (Lipinski definition) is 1. The quantitative estimate of drug-likeness (QED) is 0.875. The molecule has 2 aromatic rings. The minimum atomic E-state index is -1.10. The van der Waals surface area contributed by atoms with E-state index in [1.165, 1.54) is 19.2 Å². The zero-order valence-electron chi connectivity index (χ0n) is 12.9. The van der Waals surface area contributed by atoms with Crippen LogP contribution >= 0.6 is 0 Å². The van der Waals surface area contributed by atoms with E-state index >= 15 is 0 Å². The van der Waals surface area contributed by atoms with Crippen LogP contribution in [0.4, 0.5) is 13.6 Å². The number of amides is 1. The molecule has 1 amide bonds. The van der Waals surface area contributed by atoms with Gasteiger partial charge in [0.05, 0.1) is 19.2 Å². The van der Waals surface area contributed by atoms with E-state index < -0.39 is 17.7 Å². The van der Waals surface area contributed by atoms with Crippen molar-refractivity contribution in [1.29, 1.82) is 0 Å². The maximum Gasteiger partial charge on any atom is 0.408 e. The van der Waals surface area contributed by atoms with Gasteiger partial charge < -0.3 is 14.8 Å². The lowest BCUT2D eigenvalue weighted by atomic mass is 10.2. The molecule has 0 atom stereocenters. The van der Waals surface area contributed by atoms with Crippen LogP contribution in [-0.4, -0.2) is 19.7 Å². The summed E-state index contributed by atoms with van der Waals surface area (Å²) < 4.78 is 36.8. The molecule has 2 rings (SSSR count). The summed E-state index contributed by atoms with van der Waals surface area (Å²) in [6, 6.07) is 11.8. The van der Waals surface area contributed by atoms with Crippen LogP contribution in [0.1, 0.15) is 11.1 Å². The van der Waals surface area contributed by atoms with E-state index in [2.05, 4.69) is 21.9 Å². The van der Waals surface area contributed by atoms with Crippen molar-refractivity contribution < 1.29 is 23.0 Å². The van der Waals surface area contributed by atoms with Crippen molar-refractivity contribution in [2.75, 3.05) is 13.7 Å². The number of ether oxygens (including phenoxy) is 2. The van der Waals surface area contributed by atoms with E-state index in [0.29, 0.717) is 0 Å².